The Labute approximate surface area is 380 Å². The first-order valence-electron chi connectivity index (χ1n) is 22.3. The van der Waals surface area contributed by atoms with Crippen LogP contribution >= 0.6 is 11.3 Å². The van der Waals surface area contributed by atoms with Gasteiger partial charge < -0.3 is 5.11 Å². The van der Waals surface area contributed by atoms with Gasteiger partial charge in [0.25, 0.3) is 0 Å². The van der Waals surface area contributed by atoms with Crippen molar-refractivity contribution in [3.05, 3.63) is 94.5 Å². The van der Waals surface area contributed by atoms with Crippen LogP contribution < -0.4 is 0 Å². The van der Waals surface area contributed by atoms with Gasteiger partial charge in [-0.2, -0.15) is 0 Å². The van der Waals surface area contributed by atoms with Crippen molar-refractivity contribution in [2.24, 2.45) is 40.9 Å². The summed E-state index contributed by atoms with van der Waals surface area (Å²) in [4.78, 5) is 23.3. The van der Waals surface area contributed by atoms with E-state index in [4.69, 9.17) is 9.97 Å². The number of rotatable bonds is 10. The molecule has 6 rings (SSSR count). The van der Waals surface area contributed by atoms with Crippen LogP contribution in [-0.2, 0) is 30.3 Å². The third-order valence-electron chi connectivity index (χ3n) is 13.0. The zero-order valence-electron chi connectivity index (χ0n) is 39.6. The van der Waals surface area contributed by atoms with E-state index in [1.54, 1.807) is 6.33 Å². The second kappa shape index (κ2) is 19.9. The van der Waals surface area contributed by atoms with Gasteiger partial charge in [-0.3, -0.25) is 9.78 Å². The van der Waals surface area contributed by atoms with E-state index in [1.807, 2.05) is 11.3 Å². The van der Waals surface area contributed by atoms with Gasteiger partial charge in [-0.1, -0.05) is 131 Å². The molecule has 0 atom stereocenters. The minimum absolute atomic E-state index is 0. The van der Waals surface area contributed by atoms with Crippen LogP contribution in [0.3, 0.4) is 0 Å². The minimum atomic E-state index is -0.0119. The van der Waals surface area contributed by atoms with Crippen LogP contribution in [0.25, 0.3) is 42.7 Å². The van der Waals surface area contributed by atoms with Crippen LogP contribution in [0, 0.1) is 67.8 Å². The molecule has 0 aliphatic heterocycles. The Balaban J connectivity index is 0.000000339. The predicted molar refractivity (Wildman–Crippen MR) is 255 cm³/mol. The number of carbonyl (C=O) groups excluding carboxylic acids is 1. The Morgan fingerprint density at radius 1 is 0.850 bits per heavy atom. The minimum Gasteiger partial charge on any atom is -0.512 e. The van der Waals surface area contributed by atoms with Gasteiger partial charge in [0.2, 0.25) is 0 Å². The first-order valence-corrected chi connectivity index (χ1v) is 23.1. The smallest absolute Gasteiger partial charge is 0.162 e. The number of aliphatic hydroxyl groups excluding tert-OH is 1. The van der Waals surface area contributed by atoms with Crippen molar-refractivity contribution in [3.8, 4) is 21.7 Å². The number of allylic oxidation sites excluding steroid dienone is 2. The average Bonchev–Trinajstić information content (AvgIpc) is 3.45. The molecule has 4 nitrogen and oxygen atoms in total. The van der Waals surface area contributed by atoms with E-state index in [0.29, 0.717) is 35.0 Å². The molecule has 2 aromatic heterocycles. The second-order valence-corrected chi connectivity index (χ2v) is 21.8. The van der Waals surface area contributed by atoms with E-state index in [0.717, 1.165) is 26.9 Å². The molecule has 1 aliphatic carbocycles. The number of fused-ring (bicyclic) bond motifs is 2. The fourth-order valence-electron chi connectivity index (χ4n) is 9.97. The molecule has 2 heterocycles. The van der Waals surface area contributed by atoms with Crippen LogP contribution in [0.2, 0.25) is 0 Å². The van der Waals surface area contributed by atoms with Gasteiger partial charge in [-0.05, 0) is 115 Å². The van der Waals surface area contributed by atoms with E-state index in [1.165, 1.54) is 75.4 Å². The summed E-state index contributed by atoms with van der Waals surface area (Å²) >= 11 is 1.84. The van der Waals surface area contributed by atoms with Crippen LogP contribution in [-0.4, -0.2) is 20.9 Å². The Hall–Kier alpha value is -3.18. The Morgan fingerprint density at radius 2 is 1.40 bits per heavy atom. The number of benzene rings is 3. The molecule has 60 heavy (non-hydrogen) atoms. The zero-order valence-corrected chi connectivity index (χ0v) is 42.8. The summed E-state index contributed by atoms with van der Waals surface area (Å²) in [5.74, 6) is 2.31. The second-order valence-electron chi connectivity index (χ2n) is 20.8. The van der Waals surface area contributed by atoms with E-state index in [2.05, 4.69) is 159 Å². The molecular weight excluding hydrogens is 933 g/mol. The summed E-state index contributed by atoms with van der Waals surface area (Å²) in [6.07, 6.45) is 8.44. The van der Waals surface area contributed by atoms with Gasteiger partial charge >= 0.3 is 0 Å². The largest absolute Gasteiger partial charge is 0.512 e. The van der Waals surface area contributed by atoms with Crippen molar-refractivity contribution in [1.82, 2.24) is 9.97 Å². The molecule has 0 spiro atoms. The van der Waals surface area contributed by atoms with Gasteiger partial charge in [-0.15, -0.1) is 40.5 Å². The first-order chi connectivity index (χ1) is 27.5. The molecule has 3 aromatic carbocycles. The van der Waals surface area contributed by atoms with Crippen LogP contribution in [0.15, 0.2) is 60.6 Å². The maximum absolute atomic E-state index is 12.3. The number of aryl methyl sites for hydroxylation is 3. The summed E-state index contributed by atoms with van der Waals surface area (Å²) in [7, 11) is 0. The normalized spacial score (nSPS) is 15.1. The average molecular weight is 1010 g/mol. The number of thiophene rings is 1. The third kappa shape index (κ3) is 11.1. The first kappa shape index (κ1) is 49.5. The number of hydrogen-bond acceptors (Lipinski definition) is 5. The maximum Gasteiger partial charge on any atom is 0.162 e. The summed E-state index contributed by atoms with van der Waals surface area (Å²) < 4.78 is 1.15. The van der Waals surface area contributed by atoms with Crippen molar-refractivity contribution < 1.29 is 30.0 Å². The van der Waals surface area contributed by atoms with Crippen LogP contribution in [0.5, 0.6) is 0 Å². The van der Waals surface area contributed by atoms with Gasteiger partial charge in [0.05, 0.1) is 11.3 Å². The molecule has 0 bridgehead atoms. The summed E-state index contributed by atoms with van der Waals surface area (Å²) in [6, 6.07) is 19.5. The zero-order chi connectivity index (χ0) is 43.7. The van der Waals surface area contributed by atoms with Gasteiger partial charge in [0.15, 0.2) is 5.78 Å². The van der Waals surface area contributed by atoms with Gasteiger partial charge in [0.1, 0.15) is 6.33 Å². The number of aliphatic hydroxyl groups is 1. The molecule has 1 radical (unpaired) electrons. The third-order valence-corrected chi connectivity index (χ3v) is 14.3. The topological polar surface area (TPSA) is 63.1 Å². The van der Waals surface area contributed by atoms with E-state index in [-0.39, 0.29) is 48.9 Å². The standard InChI is InChI=1S/C37H41N2S.C17H32O2.Ir/c1-22-17-27(25-13-15-37(7,8)16-14-25)18-23(2)31(22)34-24(3)32-35(40-34)33(39-21-38-32)28-19-26-11-9-10-12-29(26)30(20-28)36(4,5)6;1-10(2)16(11(3)4)14(18)9-15(19)17(12(5)6)13(7)8;/h9-12,17-18,20-21,25H,13-16H2,1-8H3;9-13,16-18H,1-8H3;/q-1;;/b;14-9-;. The molecule has 0 amide bonds. The number of carbonyl (C=O) groups is 1. The molecular formula is C54H73IrN2O2S-. The van der Waals surface area contributed by atoms with E-state index in [9.17, 15) is 9.90 Å². The molecule has 1 N–H and O–H groups in total. The van der Waals surface area contributed by atoms with Crippen LogP contribution in [0.4, 0.5) is 0 Å². The summed E-state index contributed by atoms with van der Waals surface area (Å²) in [6.45, 7) is 35.1. The Morgan fingerprint density at radius 3 is 1.93 bits per heavy atom. The monoisotopic (exact) mass is 1010 g/mol. The van der Waals surface area contributed by atoms with Crippen molar-refractivity contribution >= 4 is 38.1 Å². The summed E-state index contributed by atoms with van der Waals surface area (Å²) in [5.41, 5.74) is 11.8. The molecule has 0 unspecified atom stereocenters. The quantitative estimate of drug-likeness (QED) is 0.0860. The van der Waals surface area contributed by atoms with Gasteiger partial charge in [0, 0.05) is 53.3 Å². The van der Waals surface area contributed by atoms with Crippen LogP contribution in [0.1, 0.15) is 149 Å². The van der Waals surface area contributed by atoms with Crippen molar-refractivity contribution in [1.29, 1.82) is 0 Å². The van der Waals surface area contributed by atoms with Crippen molar-refractivity contribution in [2.75, 3.05) is 0 Å². The number of nitrogens with zero attached hydrogens (tertiary/aromatic N) is 2. The number of aromatic nitrogens is 2. The Bertz CT molecular complexity index is 2260. The molecule has 327 valence electrons. The fraction of sp³-hybridized carbons (Fsp3) is 0.537. The molecule has 1 saturated carbocycles. The van der Waals surface area contributed by atoms with E-state index < -0.39 is 0 Å². The van der Waals surface area contributed by atoms with Crippen molar-refractivity contribution in [2.45, 2.75) is 148 Å². The molecule has 0 saturated heterocycles. The van der Waals surface area contributed by atoms with Gasteiger partial charge in [-0.25, -0.2) is 4.98 Å². The number of ketones is 1. The number of hydrogen-bond donors (Lipinski definition) is 1. The fourth-order valence-corrected chi connectivity index (χ4v) is 11.4. The molecule has 5 aromatic rings. The molecule has 1 aliphatic rings. The van der Waals surface area contributed by atoms with E-state index >= 15 is 0 Å². The summed E-state index contributed by atoms with van der Waals surface area (Å²) in [5, 5.41) is 12.7. The van der Waals surface area contributed by atoms with Crippen molar-refractivity contribution in [3.63, 3.8) is 0 Å². The maximum atomic E-state index is 12.3. The molecule has 6 heteroatoms. The SMILES string of the molecule is CC(C)C(C(=O)/C=C(\O)C(C(C)C)C(C)C)C(C)C.Cc1cc(C2CCC(C)(C)CC2)cc(C)c1-c1sc2c(-c3[c-]c4ccccc4c(C(C)(C)C)c3)ncnc2c1C.[Ir]. The predicted octanol–water partition coefficient (Wildman–Crippen LogP) is 15.7. The Kier molecular flexibility index (Phi) is 16.4. The molecule has 1 fully saturated rings.